The summed E-state index contributed by atoms with van der Waals surface area (Å²) in [7, 11) is 7.34. The first-order valence-corrected chi connectivity index (χ1v) is 13.2. The number of rotatable bonds is 6. The lowest BCUT2D eigenvalue weighted by molar-refractivity contribution is -0.285. The van der Waals surface area contributed by atoms with E-state index in [0.717, 1.165) is 38.8 Å². The largest absolute Gasteiger partial charge is 0.392 e. The van der Waals surface area contributed by atoms with E-state index in [0.29, 0.717) is 6.61 Å². The lowest BCUT2D eigenvalue weighted by Crippen LogP contribution is -2.81. The number of hydrogen-bond donors (Lipinski definition) is 1. The molecule has 7 bridgehead atoms. The molecule has 0 aromatic heterocycles. The first-order valence-electron chi connectivity index (χ1n) is 13.2. The van der Waals surface area contributed by atoms with E-state index in [4.69, 9.17) is 28.4 Å². The van der Waals surface area contributed by atoms with Crippen LogP contribution in [-0.4, -0.2) is 107 Å². The van der Waals surface area contributed by atoms with Gasteiger partial charge < -0.3 is 33.5 Å². The zero-order chi connectivity index (χ0) is 23.7. The van der Waals surface area contributed by atoms with Crippen molar-refractivity contribution >= 4 is 0 Å². The van der Waals surface area contributed by atoms with Crippen molar-refractivity contribution < 1.29 is 33.5 Å². The van der Waals surface area contributed by atoms with Gasteiger partial charge in [-0.15, -0.1) is 0 Å². The van der Waals surface area contributed by atoms with Crippen molar-refractivity contribution in [1.82, 2.24) is 4.90 Å². The monoisotopic (exact) mass is 479 g/mol. The summed E-state index contributed by atoms with van der Waals surface area (Å²) < 4.78 is 38.7. The summed E-state index contributed by atoms with van der Waals surface area (Å²) in [5.74, 6) is 0.595. The molecule has 8 heteroatoms. The van der Waals surface area contributed by atoms with E-state index in [1.54, 1.807) is 7.11 Å². The molecule has 13 atom stereocenters. The first kappa shape index (κ1) is 22.8. The topological polar surface area (TPSA) is 78.9 Å². The summed E-state index contributed by atoms with van der Waals surface area (Å²) in [5.41, 5.74) is -1.54. The molecule has 3 spiro atoms. The number of fused-ring (bicyclic) bond motifs is 1. The molecule has 2 heterocycles. The Morgan fingerprint density at radius 2 is 1.91 bits per heavy atom. The SMILES string of the molecule is CCN1C[C@]2(COC)CC[C@H](OC)[C@@]34[C@@H]5C[C@H]6[C@H](O)[C@@H]5[C@@]5(C[C@H]6OC)OCO[C@]5([C@@H](OC)[C@H]23)[C@@H]14. The molecule has 34 heavy (non-hydrogen) atoms. The van der Waals surface area contributed by atoms with E-state index in [-0.39, 0.29) is 65.6 Å². The molecule has 2 saturated heterocycles. The second-order valence-electron chi connectivity index (χ2n) is 12.2. The molecular weight excluding hydrogens is 438 g/mol. The van der Waals surface area contributed by atoms with Gasteiger partial charge in [-0.05, 0) is 31.7 Å². The maximum Gasteiger partial charge on any atom is 0.148 e. The van der Waals surface area contributed by atoms with Crippen LogP contribution in [0.15, 0.2) is 0 Å². The average molecular weight is 480 g/mol. The molecule has 1 N–H and O–H groups in total. The molecular formula is C26H41NO7. The number of piperidine rings is 1. The number of likely N-dealkylation sites (tertiary alicyclic amines) is 1. The fourth-order valence-electron chi connectivity index (χ4n) is 11.7. The zero-order valence-electron chi connectivity index (χ0n) is 21.2. The maximum absolute atomic E-state index is 11.8. The number of nitrogens with zero attached hydrogens (tertiary/aromatic N) is 1. The highest BCUT2D eigenvalue weighted by molar-refractivity contribution is 5.43. The molecule has 7 aliphatic rings. The number of likely N-dealkylation sites (N-methyl/N-ethyl adjacent to an activating group) is 1. The van der Waals surface area contributed by atoms with E-state index in [2.05, 4.69) is 11.8 Å². The fourth-order valence-corrected chi connectivity index (χ4v) is 11.7. The molecule has 0 radical (unpaired) electrons. The van der Waals surface area contributed by atoms with Gasteiger partial charge in [-0.25, -0.2) is 0 Å². The maximum atomic E-state index is 11.8. The van der Waals surface area contributed by atoms with Crippen LogP contribution in [0.4, 0.5) is 0 Å². The third-order valence-electron chi connectivity index (χ3n) is 12.0. The number of aliphatic hydroxyl groups excluding tert-OH is 1. The Balaban J connectivity index is 1.56. The normalized spacial score (nSPS) is 61.1. The van der Waals surface area contributed by atoms with Gasteiger partial charge in [0.15, 0.2) is 0 Å². The summed E-state index contributed by atoms with van der Waals surface area (Å²) in [5, 5.41) is 11.8. The molecule has 0 aromatic rings. The van der Waals surface area contributed by atoms with Gasteiger partial charge in [0.05, 0.1) is 37.1 Å². The Labute approximate surface area is 202 Å². The molecule has 7 rings (SSSR count). The Kier molecular flexibility index (Phi) is 4.81. The van der Waals surface area contributed by atoms with Crippen LogP contribution in [0.3, 0.4) is 0 Å². The van der Waals surface area contributed by atoms with Crippen LogP contribution in [0.2, 0.25) is 0 Å². The van der Waals surface area contributed by atoms with Crippen LogP contribution >= 0.6 is 0 Å². The van der Waals surface area contributed by atoms with Crippen LogP contribution in [0.25, 0.3) is 0 Å². The molecule has 192 valence electrons. The number of hydrogen-bond acceptors (Lipinski definition) is 8. The van der Waals surface area contributed by atoms with Crippen molar-refractivity contribution in [3.8, 4) is 0 Å². The minimum atomic E-state index is -0.673. The Hall–Kier alpha value is -0.320. The second-order valence-corrected chi connectivity index (χ2v) is 12.2. The zero-order valence-corrected chi connectivity index (χ0v) is 21.2. The van der Waals surface area contributed by atoms with Crippen molar-refractivity contribution in [2.75, 3.05) is 54.9 Å². The summed E-state index contributed by atoms with van der Waals surface area (Å²) in [4.78, 5) is 2.66. The van der Waals surface area contributed by atoms with Gasteiger partial charge in [-0.2, -0.15) is 0 Å². The number of methoxy groups -OCH3 is 4. The molecule has 0 aromatic carbocycles. The highest BCUT2D eigenvalue weighted by Gasteiger charge is 2.93. The number of aliphatic hydroxyl groups is 1. The van der Waals surface area contributed by atoms with E-state index in [1.165, 1.54) is 0 Å². The minimum Gasteiger partial charge on any atom is -0.392 e. The van der Waals surface area contributed by atoms with Crippen molar-refractivity contribution in [2.45, 2.75) is 74.3 Å². The Bertz CT molecular complexity index is 859. The van der Waals surface area contributed by atoms with Gasteiger partial charge in [0.25, 0.3) is 0 Å². The van der Waals surface area contributed by atoms with Crippen LogP contribution in [0.1, 0.15) is 32.6 Å². The van der Waals surface area contributed by atoms with Crippen LogP contribution < -0.4 is 0 Å². The van der Waals surface area contributed by atoms with E-state index in [9.17, 15) is 5.11 Å². The van der Waals surface area contributed by atoms with Crippen LogP contribution in [0.5, 0.6) is 0 Å². The van der Waals surface area contributed by atoms with E-state index < -0.39 is 17.3 Å². The van der Waals surface area contributed by atoms with Gasteiger partial charge in [0.1, 0.15) is 18.0 Å². The van der Waals surface area contributed by atoms with Crippen LogP contribution in [0, 0.1) is 34.5 Å². The highest BCUT2D eigenvalue weighted by Crippen LogP contribution is 2.82. The third-order valence-corrected chi connectivity index (χ3v) is 12.0. The molecule has 5 saturated carbocycles. The van der Waals surface area contributed by atoms with Crippen molar-refractivity contribution in [3.05, 3.63) is 0 Å². The van der Waals surface area contributed by atoms with Crippen molar-refractivity contribution in [1.29, 1.82) is 0 Å². The summed E-state index contributed by atoms with van der Waals surface area (Å²) in [6.45, 7) is 5.11. The van der Waals surface area contributed by atoms with Crippen molar-refractivity contribution in [2.24, 2.45) is 34.5 Å². The van der Waals surface area contributed by atoms with Gasteiger partial charge in [-0.3, -0.25) is 4.90 Å². The number of ether oxygens (including phenoxy) is 6. The molecule has 2 aliphatic heterocycles. The molecule has 7 fully saturated rings. The summed E-state index contributed by atoms with van der Waals surface area (Å²) in [6, 6.07) is 0.112. The molecule has 8 nitrogen and oxygen atoms in total. The smallest absolute Gasteiger partial charge is 0.148 e. The molecule has 0 amide bonds. The van der Waals surface area contributed by atoms with E-state index >= 15 is 0 Å². The Morgan fingerprint density at radius 1 is 1.09 bits per heavy atom. The lowest BCUT2D eigenvalue weighted by Gasteiger charge is -2.70. The molecule has 5 aliphatic carbocycles. The minimum absolute atomic E-state index is 0.00176. The van der Waals surface area contributed by atoms with Gasteiger partial charge in [0, 0.05) is 70.0 Å². The van der Waals surface area contributed by atoms with Gasteiger partial charge in [-0.1, -0.05) is 6.92 Å². The van der Waals surface area contributed by atoms with Crippen molar-refractivity contribution in [3.63, 3.8) is 0 Å². The standard InChI is InChI=1S/C26H41NO7/c1-6-27-11-23(12-29-2)8-7-17(31-4)25-15-9-14-16(30-3)10-24(18(15)19(14)28)26(22(25)27,34-13-33-24)21(32-5)20(23)25/h14-22,28H,6-13H2,1-5H3/t14-,15-,16-,17+,18-,19+,20-,21+,22+,23+,24-,25+,26-/m1/s1. The lowest BCUT2D eigenvalue weighted by atomic mass is 9.42. The highest BCUT2D eigenvalue weighted by atomic mass is 16.7. The van der Waals surface area contributed by atoms with Gasteiger partial charge >= 0.3 is 0 Å². The van der Waals surface area contributed by atoms with Gasteiger partial charge in [0.2, 0.25) is 0 Å². The third kappa shape index (κ3) is 2.05. The predicted octanol–water partition coefficient (Wildman–Crippen LogP) is 1.29. The summed E-state index contributed by atoms with van der Waals surface area (Å²) >= 11 is 0. The fraction of sp³-hybridized carbons (Fsp3) is 1.00. The van der Waals surface area contributed by atoms with E-state index in [1.807, 2.05) is 21.3 Å². The first-order chi connectivity index (χ1) is 16.5. The summed E-state index contributed by atoms with van der Waals surface area (Å²) in [6.07, 6.45) is 3.14. The average Bonchev–Trinajstić information content (AvgIpc) is 3.38. The Morgan fingerprint density at radius 3 is 2.59 bits per heavy atom. The van der Waals surface area contributed by atoms with Crippen LogP contribution in [-0.2, 0) is 28.4 Å². The predicted molar refractivity (Wildman–Crippen MR) is 121 cm³/mol. The quantitative estimate of drug-likeness (QED) is 0.611. The molecule has 0 unspecified atom stereocenters. The second kappa shape index (κ2) is 7.16.